The number of aryl methyl sites for hydroxylation is 1. The molecule has 1 aliphatic heterocycles. The van der Waals surface area contributed by atoms with Gasteiger partial charge in [0.2, 0.25) is 5.88 Å². The van der Waals surface area contributed by atoms with E-state index >= 15 is 0 Å². The molecule has 3 heterocycles. The Morgan fingerprint density at radius 1 is 1.22 bits per heavy atom. The highest BCUT2D eigenvalue weighted by atomic mass is 16.5. The molecule has 2 aromatic rings. The summed E-state index contributed by atoms with van der Waals surface area (Å²) in [5.41, 5.74) is 1.23. The quantitative estimate of drug-likeness (QED) is 0.714. The zero-order valence-electron chi connectivity index (χ0n) is 15.8. The van der Waals surface area contributed by atoms with Crippen LogP contribution >= 0.6 is 0 Å². The lowest BCUT2D eigenvalue weighted by atomic mass is 10.1. The minimum absolute atomic E-state index is 0.129. The highest BCUT2D eigenvalue weighted by molar-refractivity contribution is 5.87. The molecule has 8 heteroatoms. The second-order valence-electron chi connectivity index (χ2n) is 6.26. The van der Waals surface area contributed by atoms with Gasteiger partial charge in [-0.15, -0.1) is 10.2 Å². The van der Waals surface area contributed by atoms with Gasteiger partial charge in [0.25, 0.3) is 0 Å². The Morgan fingerprint density at radius 3 is 2.59 bits per heavy atom. The summed E-state index contributed by atoms with van der Waals surface area (Å²) in [6, 6.07) is 5.42. The van der Waals surface area contributed by atoms with E-state index in [1.807, 2.05) is 13.0 Å². The zero-order chi connectivity index (χ0) is 19.2. The lowest BCUT2D eigenvalue weighted by Gasteiger charge is -2.33. The first kappa shape index (κ1) is 18.9. The van der Waals surface area contributed by atoms with Crippen molar-refractivity contribution in [1.82, 2.24) is 15.2 Å². The second-order valence-corrected chi connectivity index (χ2v) is 6.26. The number of rotatable bonds is 6. The van der Waals surface area contributed by atoms with Crippen molar-refractivity contribution in [2.75, 3.05) is 32.2 Å². The van der Waals surface area contributed by atoms with E-state index in [1.54, 1.807) is 25.4 Å². The van der Waals surface area contributed by atoms with Crippen LogP contribution in [0.1, 0.15) is 35.8 Å². The van der Waals surface area contributed by atoms with Crippen LogP contribution in [0.4, 0.5) is 5.82 Å². The fourth-order valence-electron chi connectivity index (χ4n) is 3.09. The molecular weight excluding hydrogens is 348 g/mol. The maximum Gasteiger partial charge on any atom is 0.358 e. The van der Waals surface area contributed by atoms with Gasteiger partial charge in [-0.2, -0.15) is 0 Å². The van der Waals surface area contributed by atoms with Crippen molar-refractivity contribution in [2.24, 2.45) is 0 Å². The van der Waals surface area contributed by atoms with Crippen molar-refractivity contribution in [1.29, 1.82) is 0 Å². The highest BCUT2D eigenvalue weighted by Crippen LogP contribution is 2.25. The number of aromatic nitrogens is 3. The van der Waals surface area contributed by atoms with E-state index in [9.17, 15) is 4.79 Å². The number of carbonyl (C=O) groups excluding carboxylic acids is 1. The zero-order valence-corrected chi connectivity index (χ0v) is 15.8. The largest absolute Gasteiger partial charge is 0.489 e. The van der Waals surface area contributed by atoms with Crippen LogP contribution in [0, 0.1) is 0 Å². The van der Waals surface area contributed by atoms with Gasteiger partial charge in [0.15, 0.2) is 11.5 Å². The molecule has 0 radical (unpaired) electrons. The van der Waals surface area contributed by atoms with Crippen molar-refractivity contribution < 1.29 is 19.0 Å². The maximum atomic E-state index is 11.7. The first-order valence-corrected chi connectivity index (χ1v) is 9.01. The Balaban J connectivity index is 1.62. The topological polar surface area (TPSA) is 86.7 Å². The number of hydrogen-bond acceptors (Lipinski definition) is 8. The van der Waals surface area contributed by atoms with Gasteiger partial charge in [-0.05, 0) is 24.1 Å². The number of piperidine rings is 1. The molecule has 1 aliphatic rings. The summed E-state index contributed by atoms with van der Waals surface area (Å²) < 4.78 is 15.8. The molecular formula is C19H24N4O4. The predicted molar refractivity (Wildman–Crippen MR) is 99.4 cm³/mol. The van der Waals surface area contributed by atoms with Crippen LogP contribution in [0.3, 0.4) is 0 Å². The average molecular weight is 372 g/mol. The van der Waals surface area contributed by atoms with Crippen LogP contribution in [0.2, 0.25) is 0 Å². The van der Waals surface area contributed by atoms with E-state index in [2.05, 4.69) is 20.1 Å². The summed E-state index contributed by atoms with van der Waals surface area (Å²) in [6.45, 7) is 3.66. The normalized spacial score (nSPS) is 14.7. The second kappa shape index (κ2) is 8.66. The van der Waals surface area contributed by atoms with Crippen molar-refractivity contribution in [2.45, 2.75) is 32.3 Å². The third kappa shape index (κ3) is 4.45. The van der Waals surface area contributed by atoms with Crippen LogP contribution in [0.15, 0.2) is 24.4 Å². The van der Waals surface area contributed by atoms with E-state index in [0.29, 0.717) is 5.88 Å². The van der Waals surface area contributed by atoms with Crippen LogP contribution < -0.4 is 14.4 Å². The monoisotopic (exact) mass is 372 g/mol. The standard InChI is InChI=1S/C19H24N4O4/c1-4-13-11-16(19(24)26-3)21-22-18(13)23-9-7-14(8-10-23)27-15-5-6-17(25-2)20-12-15/h5-6,11-12,14H,4,7-10H2,1-3H3. The minimum atomic E-state index is -0.469. The summed E-state index contributed by atoms with van der Waals surface area (Å²) in [6.07, 6.45) is 4.31. The number of methoxy groups -OCH3 is 2. The lowest BCUT2D eigenvalue weighted by molar-refractivity contribution is 0.0592. The van der Waals surface area contributed by atoms with Crippen LogP contribution in [-0.2, 0) is 11.2 Å². The Kier molecular flexibility index (Phi) is 6.05. The molecule has 0 saturated carbocycles. The number of hydrogen-bond donors (Lipinski definition) is 0. The summed E-state index contributed by atoms with van der Waals surface area (Å²) in [7, 11) is 2.93. The maximum absolute atomic E-state index is 11.7. The van der Waals surface area contributed by atoms with Crippen molar-refractivity contribution in [3.8, 4) is 11.6 Å². The third-order valence-corrected chi connectivity index (χ3v) is 4.59. The van der Waals surface area contributed by atoms with Gasteiger partial charge in [-0.3, -0.25) is 0 Å². The summed E-state index contributed by atoms with van der Waals surface area (Å²) in [5.74, 6) is 1.67. The molecule has 0 N–H and O–H groups in total. The van der Waals surface area contributed by atoms with Gasteiger partial charge in [-0.25, -0.2) is 9.78 Å². The number of carbonyl (C=O) groups is 1. The number of nitrogens with zero attached hydrogens (tertiary/aromatic N) is 4. The minimum Gasteiger partial charge on any atom is -0.489 e. The van der Waals surface area contributed by atoms with Crippen LogP contribution in [0.25, 0.3) is 0 Å². The predicted octanol–water partition coefficient (Wildman–Crippen LogP) is 2.28. The third-order valence-electron chi connectivity index (χ3n) is 4.59. The molecule has 0 amide bonds. The van der Waals surface area contributed by atoms with Crippen molar-refractivity contribution in [3.05, 3.63) is 35.7 Å². The molecule has 0 aromatic carbocycles. The molecule has 1 saturated heterocycles. The highest BCUT2D eigenvalue weighted by Gasteiger charge is 2.24. The summed E-state index contributed by atoms with van der Waals surface area (Å²) in [5, 5.41) is 8.30. The fraction of sp³-hybridized carbons (Fsp3) is 0.474. The molecule has 3 rings (SSSR count). The number of pyridine rings is 1. The van der Waals surface area contributed by atoms with Crippen molar-refractivity contribution >= 4 is 11.8 Å². The molecule has 0 unspecified atom stereocenters. The first-order valence-electron chi connectivity index (χ1n) is 9.01. The number of anilines is 1. The van der Waals surface area contributed by atoms with Crippen molar-refractivity contribution in [3.63, 3.8) is 0 Å². The first-order chi connectivity index (χ1) is 13.1. The van der Waals surface area contributed by atoms with E-state index in [0.717, 1.165) is 49.5 Å². The molecule has 0 atom stereocenters. The smallest absolute Gasteiger partial charge is 0.358 e. The van der Waals surface area contributed by atoms with Crippen LogP contribution in [0.5, 0.6) is 11.6 Å². The van der Waals surface area contributed by atoms with E-state index < -0.39 is 5.97 Å². The molecule has 0 aliphatic carbocycles. The molecule has 27 heavy (non-hydrogen) atoms. The molecule has 144 valence electrons. The molecule has 0 bridgehead atoms. The van der Waals surface area contributed by atoms with Gasteiger partial charge < -0.3 is 19.1 Å². The molecule has 8 nitrogen and oxygen atoms in total. The molecule has 2 aromatic heterocycles. The Morgan fingerprint density at radius 2 is 2.00 bits per heavy atom. The van der Waals surface area contributed by atoms with Gasteiger partial charge in [-0.1, -0.05) is 6.92 Å². The summed E-state index contributed by atoms with van der Waals surface area (Å²) in [4.78, 5) is 18.0. The fourth-order valence-corrected chi connectivity index (χ4v) is 3.09. The van der Waals surface area contributed by atoms with Gasteiger partial charge in [0, 0.05) is 32.0 Å². The summed E-state index contributed by atoms with van der Waals surface area (Å²) >= 11 is 0. The Hall–Kier alpha value is -2.90. The number of ether oxygens (including phenoxy) is 3. The van der Waals surface area contributed by atoms with Gasteiger partial charge >= 0.3 is 5.97 Å². The van der Waals surface area contributed by atoms with E-state index in [4.69, 9.17) is 14.2 Å². The Labute approximate surface area is 158 Å². The van der Waals surface area contributed by atoms with E-state index in [1.165, 1.54) is 7.11 Å². The van der Waals surface area contributed by atoms with Gasteiger partial charge in [0.1, 0.15) is 11.9 Å². The van der Waals surface area contributed by atoms with E-state index in [-0.39, 0.29) is 11.8 Å². The number of esters is 1. The van der Waals surface area contributed by atoms with Crippen LogP contribution in [-0.4, -0.2) is 54.6 Å². The molecule has 0 spiro atoms. The van der Waals surface area contributed by atoms with Gasteiger partial charge in [0.05, 0.1) is 20.4 Å². The lowest BCUT2D eigenvalue weighted by Crippen LogP contribution is -2.39. The molecule has 1 fully saturated rings. The SMILES string of the molecule is CCc1cc(C(=O)OC)nnc1N1CCC(Oc2ccc(OC)nc2)CC1. The Bertz CT molecular complexity index is 774. The average Bonchev–Trinajstić information content (AvgIpc) is 2.74.